The van der Waals surface area contributed by atoms with Crippen LogP contribution >= 0.6 is 11.6 Å². The zero-order chi connectivity index (χ0) is 25.0. The summed E-state index contributed by atoms with van der Waals surface area (Å²) in [6.45, 7) is 6.06. The predicted molar refractivity (Wildman–Crippen MR) is 127 cm³/mol. The SMILES string of the molecule is Cc1nccnc1N1CCC(c2nnc3n2-c2ccc(Cl)cc2CN(C(C)(C)C(F)(F)F)C3)CC1. The zero-order valence-corrected chi connectivity index (χ0v) is 20.6. The summed E-state index contributed by atoms with van der Waals surface area (Å²) < 4.78 is 43.8. The van der Waals surface area contributed by atoms with Gasteiger partial charge in [-0.1, -0.05) is 11.6 Å². The maximum absolute atomic E-state index is 14.0. The van der Waals surface area contributed by atoms with Gasteiger partial charge < -0.3 is 4.90 Å². The van der Waals surface area contributed by atoms with Gasteiger partial charge >= 0.3 is 6.18 Å². The summed E-state index contributed by atoms with van der Waals surface area (Å²) in [6, 6.07) is 5.36. The van der Waals surface area contributed by atoms with Crippen LogP contribution in [0, 0.1) is 6.92 Å². The van der Waals surface area contributed by atoms with Gasteiger partial charge in [-0.3, -0.25) is 14.5 Å². The average molecular weight is 506 g/mol. The van der Waals surface area contributed by atoms with E-state index in [4.69, 9.17) is 11.6 Å². The van der Waals surface area contributed by atoms with Crippen LogP contribution in [0.1, 0.15) is 55.5 Å². The van der Waals surface area contributed by atoms with Crippen LogP contribution in [0.15, 0.2) is 30.6 Å². The molecule has 0 spiro atoms. The largest absolute Gasteiger partial charge is 0.406 e. The zero-order valence-electron chi connectivity index (χ0n) is 19.8. The fourth-order valence-corrected chi connectivity index (χ4v) is 5.12. The van der Waals surface area contributed by atoms with E-state index in [0.717, 1.165) is 54.5 Å². The Kier molecular flexibility index (Phi) is 5.99. The lowest BCUT2D eigenvalue weighted by Gasteiger charge is -2.38. The molecule has 2 aliphatic rings. The van der Waals surface area contributed by atoms with Crippen molar-refractivity contribution in [3.63, 3.8) is 0 Å². The highest BCUT2D eigenvalue weighted by Gasteiger charge is 2.52. The second-order valence-corrected chi connectivity index (χ2v) is 10.2. The van der Waals surface area contributed by atoms with Gasteiger partial charge in [0.1, 0.15) is 17.2 Å². The Morgan fingerprint density at radius 1 is 1.00 bits per heavy atom. The molecule has 0 bridgehead atoms. The average Bonchev–Trinajstić information content (AvgIpc) is 3.14. The summed E-state index contributed by atoms with van der Waals surface area (Å²) in [4.78, 5) is 12.4. The number of nitrogens with zero attached hydrogens (tertiary/aromatic N) is 7. The van der Waals surface area contributed by atoms with Gasteiger partial charge in [-0.05, 0) is 57.4 Å². The number of piperidine rings is 1. The number of rotatable bonds is 3. The Morgan fingerprint density at radius 2 is 1.71 bits per heavy atom. The van der Waals surface area contributed by atoms with Gasteiger partial charge in [0, 0.05) is 43.0 Å². The molecule has 0 amide bonds. The van der Waals surface area contributed by atoms with Gasteiger partial charge in [-0.2, -0.15) is 13.2 Å². The number of aromatic nitrogens is 5. The van der Waals surface area contributed by atoms with Crippen molar-refractivity contribution < 1.29 is 13.2 Å². The molecule has 0 unspecified atom stereocenters. The van der Waals surface area contributed by atoms with Gasteiger partial charge in [0.2, 0.25) is 0 Å². The van der Waals surface area contributed by atoms with E-state index in [2.05, 4.69) is 25.1 Å². The molecule has 0 atom stereocenters. The van der Waals surface area contributed by atoms with Gasteiger partial charge in [0.25, 0.3) is 0 Å². The van der Waals surface area contributed by atoms with Crippen LogP contribution in [-0.2, 0) is 13.1 Å². The third-order valence-electron chi connectivity index (χ3n) is 7.23. The first-order chi connectivity index (χ1) is 16.6. The summed E-state index contributed by atoms with van der Waals surface area (Å²) in [7, 11) is 0. The van der Waals surface area contributed by atoms with Gasteiger partial charge in [-0.25, -0.2) is 4.98 Å². The number of hydrogen-bond acceptors (Lipinski definition) is 6. The quantitative estimate of drug-likeness (QED) is 0.496. The highest BCUT2D eigenvalue weighted by atomic mass is 35.5. The van der Waals surface area contributed by atoms with E-state index in [9.17, 15) is 13.2 Å². The monoisotopic (exact) mass is 505 g/mol. The van der Waals surface area contributed by atoms with Crippen molar-refractivity contribution in [2.75, 3.05) is 18.0 Å². The fraction of sp³-hybridized carbons (Fsp3) is 0.500. The third-order valence-corrected chi connectivity index (χ3v) is 7.47. The summed E-state index contributed by atoms with van der Waals surface area (Å²) in [6.07, 6.45) is 0.631. The summed E-state index contributed by atoms with van der Waals surface area (Å²) in [5, 5.41) is 9.37. The highest BCUT2D eigenvalue weighted by molar-refractivity contribution is 6.30. The molecule has 35 heavy (non-hydrogen) atoms. The Labute approximate surface area is 206 Å². The number of alkyl halides is 3. The molecule has 1 aromatic carbocycles. The molecule has 11 heteroatoms. The van der Waals surface area contributed by atoms with Crippen LogP contribution < -0.4 is 4.90 Å². The molecule has 1 fully saturated rings. The van der Waals surface area contributed by atoms with Gasteiger partial charge in [0.15, 0.2) is 5.82 Å². The molecule has 0 N–H and O–H groups in total. The van der Waals surface area contributed by atoms with Crippen molar-refractivity contribution in [2.24, 2.45) is 0 Å². The highest BCUT2D eigenvalue weighted by Crippen LogP contribution is 2.40. The van der Waals surface area contributed by atoms with Crippen LogP contribution in [0.3, 0.4) is 0 Å². The lowest BCUT2D eigenvalue weighted by Crippen LogP contribution is -2.53. The number of aryl methyl sites for hydroxylation is 1. The maximum Gasteiger partial charge on any atom is 0.406 e. The second kappa shape index (κ2) is 8.74. The van der Waals surface area contributed by atoms with Crippen molar-refractivity contribution in [1.82, 2.24) is 29.6 Å². The third kappa shape index (κ3) is 4.27. The lowest BCUT2D eigenvalue weighted by molar-refractivity contribution is -0.224. The fourth-order valence-electron chi connectivity index (χ4n) is 4.93. The topological polar surface area (TPSA) is 63.0 Å². The molecule has 5 rings (SSSR count). The van der Waals surface area contributed by atoms with E-state index >= 15 is 0 Å². The molecule has 4 heterocycles. The number of hydrogen-bond donors (Lipinski definition) is 0. The number of benzene rings is 1. The minimum atomic E-state index is -4.41. The van der Waals surface area contributed by atoms with Crippen molar-refractivity contribution in [2.45, 2.75) is 64.3 Å². The second-order valence-electron chi connectivity index (χ2n) is 9.72. The molecule has 0 aliphatic carbocycles. The predicted octanol–water partition coefficient (Wildman–Crippen LogP) is 5.06. The van der Waals surface area contributed by atoms with Crippen molar-refractivity contribution in [3.05, 3.63) is 58.5 Å². The minimum absolute atomic E-state index is 0.0312. The normalized spacial score (nSPS) is 17.7. The minimum Gasteiger partial charge on any atom is -0.355 e. The van der Waals surface area contributed by atoms with E-state index in [1.165, 1.54) is 18.7 Å². The Morgan fingerprint density at radius 3 is 2.40 bits per heavy atom. The molecule has 3 aromatic rings. The van der Waals surface area contributed by atoms with E-state index < -0.39 is 11.7 Å². The van der Waals surface area contributed by atoms with E-state index in [1.807, 2.05) is 17.6 Å². The maximum atomic E-state index is 14.0. The van der Waals surface area contributed by atoms with Gasteiger partial charge in [0.05, 0.1) is 17.9 Å². The number of halogens is 4. The van der Waals surface area contributed by atoms with Gasteiger partial charge in [-0.15, -0.1) is 10.2 Å². The molecule has 7 nitrogen and oxygen atoms in total. The molecule has 2 aliphatic heterocycles. The van der Waals surface area contributed by atoms with E-state index in [1.54, 1.807) is 24.5 Å². The summed E-state index contributed by atoms with van der Waals surface area (Å²) in [5.41, 5.74) is 0.355. The summed E-state index contributed by atoms with van der Waals surface area (Å²) >= 11 is 6.26. The Bertz CT molecular complexity index is 1230. The Hall–Kier alpha value is -2.72. The standard InChI is InChI=1S/C24H27ClF3N7/c1-15-21(30-9-8-29-15)33-10-6-16(7-11-33)22-32-31-20-14-34(23(2,3)24(26,27)28)13-17-12-18(25)4-5-19(17)35(20)22/h4-5,8-9,12,16H,6-7,10-11,13-14H2,1-3H3. The van der Waals surface area contributed by atoms with E-state index in [0.29, 0.717) is 10.8 Å². The van der Waals surface area contributed by atoms with Crippen LogP contribution in [0.25, 0.3) is 5.69 Å². The first kappa shape index (κ1) is 24.0. The van der Waals surface area contributed by atoms with Crippen LogP contribution in [0.2, 0.25) is 5.02 Å². The summed E-state index contributed by atoms with van der Waals surface area (Å²) in [5.74, 6) is 2.29. The Balaban J connectivity index is 1.49. The number of fused-ring (bicyclic) bond motifs is 3. The molecule has 1 saturated heterocycles. The van der Waals surface area contributed by atoms with Crippen LogP contribution in [0.4, 0.5) is 19.0 Å². The molecular formula is C24H27ClF3N7. The first-order valence-corrected chi connectivity index (χ1v) is 12.0. The van der Waals surface area contributed by atoms with Crippen LogP contribution in [0.5, 0.6) is 0 Å². The molecule has 0 radical (unpaired) electrons. The van der Waals surface area contributed by atoms with E-state index in [-0.39, 0.29) is 19.0 Å². The van der Waals surface area contributed by atoms with Crippen LogP contribution in [-0.4, -0.2) is 54.4 Å². The molecular weight excluding hydrogens is 479 g/mol. The molecule has 186 valence electrons. The van der Waals surface area contributed by atoms with Crippen molar-refractivity contribution >= 4 is 17.4 Å². The van der Waals surface area contributed by atoms with Crippen molar-refractivity contribution in [3.8, 4) is 5.69 Å². The first-order valence-electron chi connectivity index (χ1n) is 11.6. The number of anilines is 1. The smallest absolute Gasteiger partial charge is 0.355 e. The molecule has 2 aromatic heterocycles. The lowest BCUT2D eigenvalue weighted by atomic mass is 9.95. The van der Waals surface area contributed by atoms with Crippen molar-refractivity contribution in [1.29, 1.82) is 0 Å². The molecule has 0 saturated carbocycles.